The fourth-order valence-corrected chi connectivity index (χ4v) is 4.54. The fraction of sp³-hybridized carbons (Fsp3) is 0.556. The number of carbonyl (C=O) groups is 1. The molecule has 27 heavy (non-hydrogen) atoms. The fourth-order valence-electron chi connectivity index (χ4n) is 3.29. The number of nitrogens with one attached hydrogen (secondary N) is 3. The van der Waals surface area contributed by atoms with E-state index in [-0.39, 0.29) is 28.6 Å². The second-order valence-corrected chi connectivity index (χ2v) is 8.92. The van der Waals surface area contributed by atoms with Crippen LogP contribution < -0.4 is 15.4 Å². The number of sulfonamides is 1. The van der Waals surface area contributed by atoms with Gasteiger partial charge in [-0.05, 0) is 49.9 Å². The van der Waals surface area contributed by atoms with E-state index in [1.807, 2.05) is 0 Å². The van der Waals surface area contributed by atoms with Crippen molar-refractivity contribution in [2.75, 3.05) is 26.2 Å². The average Bonchev–Trinajstić information content (AvgIpc) is 2.89. The molecule has 0 saturated carbocycles. The maximum atomic E-state index is 12.0. The molecule has 1 aromatic carbocycles. The summed E-state index contributed by atoms with van der Waals surface area (Å²) in [5.74, 6) is 0.389. The maximum Gasteiger partial charge on any atom is 0.263 e. The van der Waals surface area contributed by atoms with Crippen LogP contribution >= 0.6 is 12.4 Å². The lowest BCUT2D eigenvalue weighted by Crippen LogP contribution is -2.42. The molecule has 1 fully saturated rings. The summed E-state index contributed by atoms with van der Waals surface area (Å²) in [6, 6.07) is 6.77. The van der Waals surface area contributed by atoms with E-state index in [9.17, 15) is 13.2 Å². The number of rotatable bonds is 6. The van der Waals surface area contributed by atoms with Crippen LogP contribution in [0.2, 0.25) is 0 Å². The number of amidine groups is 1. The van der Waals surface area contributed by atoms with E-state index in [2.05, 4.69) is 27.3 Å². The molecule has 0 atom stereocenters. The predicted octanol–water partition coefficient (Wildman–Crippen LogP) is 1.43. The van der Waals surface area contributed by atoms with Crippen molar-refractivity contribution in [3.63, 3.8) is 0 Å². The Morgan fingerprint density at radius 3 is 2.70 bits per heavy atom. The van der Waals surface area contributed by atoms with Crippen molar-refractivity contribution >= 4 is 34.2 Å². The van der Waals surface area contributed by atoms with Crippen molar-refractivity contribution in [2.24, 2.45) is 10.4 Å². The van der Waals surface area contributed by atoms with E-state index >= 15 is 0 Å². The van der Waals surface area contributed by atoms with Gasteiger partial charge in [-0.2, -0.15) is 0 Å². The zero-order valence-corrected chi connectivity index (χ0v) is 17.1. The van der Waals surface area contributed by atoms with Gasteiger partial charge >= 0.3 is 0 Å². The van der Waals surface area contributed by atoms with Crippen LogP contribution in [0.3, 0.4) is 0 Å². The first kappa shape index (κ1) is 21.7. The summed E-state index contributed by atoms with van der Waals surface area (Å²) >= 11 is 0. The number of hydrogen-bond donors (Lipinski definition) is 3. The van der Waals surface area contributed by atoms with Crippen LogP contribution in [-0.4, -0.2) is 46.3 Å². The maximum absolute atomic E-state index is 12.0. The molecule has 1 amide bonds. The summed E-state index contributed by atoms with van der Waals surface area (Å²) in [5, 5.41) is 6.36. The van der Waals surface area contributed by atoms with E-state index in [4.69, 9.17) is 0 Å². The molecule has 0 unspecified atom stereocenters. The smallest absolute Gasteiger partial charge is 0.263 e. The molecule has 3 rings (SSSR count). The highest BCUT2D eigenvalue weighted by atomic mass is 35.5. The monoisotopic (exact) mass is 414 g/mol. The Morgan fingerprint density at radius 2 is 1.96 bits per heavy atom. The van der Waals surface area contributed by atoms with Crippen LogP contribution in [0.5, 0.6) is 0 Å². The summed E-state index contributed by atoms with van der Waals surface area (Å²) in [6.45, 7) is 5.32. The molecule has 1 aromatic rings. The molecule has 0 spiro atoms. The van der Waals surface area contributed by atoms with Gasteiger partial charge in [-0.25, -0.2) is 8.42 Å². The van der Waals surface area contributed by atoms with Crippen LogP contribution in [0.1, 0.15) is 38.2 Å². The lowest BCUT2D eigenvalue weighted by molar-refractivity contribution is -0.121. The van der Waals surface area contributed by atoms with Gasteiger partial charge in [-0.1, -0.05) is 19.1 Å². The van der Waals surface area contributed by atoms with Crippen molar-refractivity contribution in [2.45, 2.75) is 37.5 Å². The third-order valence-electron chi connectivity index (χ3n) is 5.02. The third-order valence-corrected chi connectivity index (χ3v) is 6.41. The second kappa shape index (κ2) is 9.03. The largest absolute Gasteiger partial charge is 0.356 e. The van der Waals surface area contributed by atoms with E-state index in [1.165, 1.54) is 0 Å². The lowest BCUT2D eigenvalue weighted by Gasteiger charge is -2.34. The normalized spacial score (nSPS) is 21.0. The number of hydrogen-bond acceptors (Lipinski definition) is 5. The summed E-state index contributed by atoms with van der Waals surface area (Å²) in [4.78, 5) is 16.6. The minimum atomic E-state index is -3.50. The Kier molecular flexibility index (Phi) is 7.25. The molecule has 0 aliphatic carbocycles. The van der Waals surface area contributed by atoms with Crippen molar-refractivity contribution in [3.05, 3.63) is 29.8 Å². The number of benzene rings is 1. The predicted molar refractivity (Wildman–Crippen MR) is 108 cm³/mol. The molecule has 9 heteroatoms. The number of carbonyl (C=O) groups excluding carboxylic acids is 1. The molecule has 2 heterocycles. The molecule has 3 N–H and O–H groups in total. The number of fused-ring (bicyclic) bond motifs is 1. The van der Waals surface area contributed by atoms with Gasteiger partial charge in [0.05, 0.1) is 4.90 Å². The Morgan fingerprint density at radius 1 is 1.26 bits per heavy atom. The Balaban J connectivity index is 0.00000261. The summed E-state index contributed by atoms with van der Waals surface area (Å²) in [6.07, 6.45) is 3.11. The van der Waals surface area contributed by atoms with Gasteiger partial charge in [0.15, 0.2) is 0 Å². The third kappa shape index (κ3) is 5.43. The SMILES string of the molecule is CC1(CNC(=O)CCCN=C2NS(=O)(=O)c3ccccc32)CCNCC1.Cl. The zero-order valence-electron chi connectivity index (χ0n) is 15.5. The topological polar surface area (TPSA) is 99.7 Å². The Hall–Kier alpha value is -1.64. The molecule has 7 nitrogen and oxygen atoms in total. The average molecular weight is 415 g/mol. The standard InChI is InChI=1S/C18H26N4O3S.ClH/c1-18(8-11-19-12-9-18)13-21-16(23)7-4-10-20-17-14-5-2-3-6-15(14)26(24,25)22-17;/h2-3,5-6,19H,4,7-13H2,1H3,(H,20,22)(H,21,23);1H. The molecule has 1 saturated heterocycles. The van der Waals surface area contributed by atoms with E-state index < -0.39 is 10.0 Å². The van der Waals surface area contributed by atoms with E-state index in [0.717, 1.165) is 25.9 Å². The number of aliphatic imine (C=N–C) groups is 1. The molecule has 150 valence electrons. The van der Waals surface area contributed by atoms with Gasteiger partial charge in [0, 0.05) is 25.1 Å². The quantitative estimate of drug-likeness (QED) is 0.613. The van der Waals surface area contributed by atoms with Gasteiger partial charge in [-0.3, -0.25) is 14.5 Å². The molecule has 2 aliphatic heterocycles. The highest BCUT2D eigenvalue weighted by Crippen LogP contribution is 2.26. The van der Waals surface area contributed by atoms with Gasteiger partial charge < -0.3 is 10.6 Å². The molecule has 0 bridgehead atoms. The summed E-state index contributed by atoms with van der Waals surface area (Å²) in [5.41, 5.74) is 0.767. The van der Waals surface area contributed by atoms with Crippen LogP contribution in [0.25, 0.3) is 0 Å². The number of halogens is 1. The Labute approximate surface area is 166 Å². The van der Waals surface area contributed by atoms with Crippen molar-refractivity contribution in [1.82, 2.24) is 15.4 Å². The van der Waals surface area contributed by atoms with Gasteiger partial charge in [-0.15, -0.1) is 12.4 Å². The molecule has 0 radical (unpaired) electrons. The van der Waals surface area contributed by atoms with Crippen molar-refractivity contribution < 1.29 is 13.2 Å². The molecule has 0 aromatic heterocycles. The van der Waals surface area contributed by atoms with E-state index in [1.54, 1.807) is 24.3 Å². The highest BCUT2D eigenvalue weighted by Gasteiger charge is 2.30. The first-order chi connectivity index (χ1) is 12.4. The summed E-state index contributed by atoms with van der Waals surface area (Å²) < 4.78 is 26.5. The number of nitrogens with zero attached hydrogens (tertiary/aromatic N) is 1. The first-order valence-corrected chi connectivity index (χ1v) is 10.5. The first-order valence-electron chi connectivity index (χ1n) is 9.04. The van der Waals surface area contributed by atoms with Crippen LogP contribution in [0.15, 0.2) is 34.2 Å². The zero-order chi connectivity index (χ0) is 18.6. The minimum Gasteiger partial charge on any atom is -0.356 e. The Bertz CT molecular complexity index is 805. The van der Waals surface area contributed by atoms with E-state index in [0.29, 0.717) is 37.3 Å². The number of piperidine rings is 1. The molecular weight excluding hydrogens is 388 g/mol. The summed E-state index contributed by atoms with van der Waals surface area (Å²) in [7, 11) is -3.50. The highest BCUT2D eigenvalue weighted by molar-refractivity contribution is 7.90. The van der Waals surface area contributed by atoms with Gasteiger partial charge in [0.2, 0.25) is 5.91 Å². The van der Waals surface area contributed by atoms with Crippen LogP contribution in [0, 0.1) is 5.41 Å². The van der Waals surface area contributed by atoms with Crippen LogP contribution in [0.4, 0.5) is 0 Å². The molecule has 2 aliphatic rings. The van der Waals surface area contributed by atoms with Crippen molar-refractivity contribution in [1.29, 1.82) is 0 Å². The minimum absolute atomic E-state index is 0. The second-order valence-electron chi connectivity index (χ2n) is 7.27. The number of amides is 1. The van der Waals surface area contributed by atoms with Crippen LogP contribution in [-0.2, 0) is 14.8 Å². The lowest BCUT2D eigenvalue weighted by atomic mass is 9.81. The van der Waals surface area contributed by atoms with Crippen molar-refractivity contribution in [3.8, 4) is 0 Å². The van der Waals surface area contributed by atoms with Gasteiger partial charge in [0.25, 0.3) is 10.0 Å². The molecular formula is C18H27ClN4O3S. The van der Waals surface area contributed by atoms with Gasteiger partial charge in [0.1, 0.15) is 5.84 Å².